The van der Waals surface area contributed by atoms with Crippen LogP contribution in [0.5, 0.6) is 0 Å². The molecule has 6 nitrogen and oxygen atoms in total. The second kappa shape index (κ2) is 10.7. The van der Waals surface area contributed by atoms with Crippen molar-refractivity contribution in [1.82, 2.24) is 10.2 Å². The summed E-state index contributed by atoms with van der Waals surface area (Å²) >= 11 is 0. The van der Waals surface area contributed by atoms with Gasteiger partial charge in [-0.25, -0.2) is 8.42 Å². The third-order valence-corrected chi connectivity index (χ3v) is 7.77. The van der Waals surface area contributed by atoms with Crippen LogP contribution >= 0.6 is 0 Å². The molecular formula is C27H28N2O4S. The molecule has 0 aromatic heterocycles. The summed E-state index contributed by atoms with van der Waals surface area (Å²) in [6.45, 7) is 0.734. The molecule has 1 saturated heterocycles. The Bertz CT molecular complexity index is 1240. The summed E-state index contributed by atoms with van der Waals surface area (Å²) in [5.74, 6) is -1.21. The number of carbonyl (C=O) groups is 2. The van der Waals surface area contributed by atoms with E-state index in [-0.39, 0.29) is 12.5 Å². The first-order valence-corrected chi connectivity index (χ1v) is 13.1. The van der Waals surface area contributed by atoms with Crippen molar-refractivity contribution < 1.29 is 18.0 Å². The summed E-state index contributed by atoms with van der Waals surface area (Å²) in [6, 6.07) is 26.1. The Labute approximate surface area is 200 Å². The van der Waals surface area contributed by atoms with Crippen LogP contribution < -0.4 is 5.32 Å². The summed E-state index contributed by atoms with van der Waals surface area (Å²) in [7, 11) is -3.71. The van der Waals surface area contributed by atoms with Crippen molar-refractivity contribution >= 4 is 21.7 Å². The zero-order valence-electron chi connectivity index (χ0n) is 18.9. The molecule has 0 spiro atoms. The highest BCUT2D eigenvalue weighted by Crippen LogP contribution is 2.35. The van der Waals surface area contributed by atoms with Crippen molar-refractivity contribution in [3.63, 3.8) is 0 Å². The Hall–Kier alpha value is -3.45. The number of aryl methyl sites for hydroxylation is 1. The van der Waals surface area contributed by atoms with Crippen molar-refractivity contribution in [1.29, 1.82) is 0 Å². The molecule has 1 unspecified atom stereocenters. The van der Waals surface area contributed by atoms with Gasteiger partial charge in [-0.15, -0.1) is 0 Å². The molecule has 1 fully saturated rings. The fourth-order valence-electron chi connectivity index (χ4n) is 4.23. The molecule has 1 aliphatic heterocycles. The first-order chi connectivity index (χ1) is 16.4. The number of nitrogens with one attached hydrogen (secondary N) is 1. The average Bonchev–Trinajstić information content (AvgIpc) is 3.07. The topological polar surface area (TPSA) is 83.6 Å². The van der Waals surface area contributed by atoms with Gasteiger partial charge in [0.05, 0.1) is 0 Å². The lowest BCUT2D eigenvalue weighted by Gasteiger charge is -2.24. The zero-order chi connectivity index (χ0) is 24.0. The standard InChI is InChI=1S/C27H28N2O4S/c30-25-20-34(32,33)27(29(25)19-22-13-5-2-6-14-22)24-16-9-15-23(18-24)26(31)28-17-8-7-12-21-10-3-1-4-11-21/h1-6,9-11,13-16,18,27H,7-8,12,17,19-20H2,(H,28,31). The number of nitrogens with zero attached hydrogens (tertiary/aromatic N) is 1. The first-order valence-electron chi connectivity index (χ1n) is 11.4. The fourth-order valence-corrected chi connectivity index (χ4v) is 6.04. The van der Waals surface area contributed by atoms with E-state index in [2.05, 4.69) is 17.4 Å². The van der Waals surface area contributed by atoms with Crippen LogP contribution in [-0.4, -0.2) is 37.4 Å². The van der Waals surface area contributed by atoms with E-state index in [9.17, 15) is 18.0 Å². The van der Waals surface area contributed by atoms with E-state index in [0.29, 0.717) is 17.7 Å². The van der Waals surface area contributed by atoms with Gasteiger partial charge in [-0.3, -0.25) is 9.59 Å². The van der Waals surface area contributed by atoms with Gasteiger partial charge < -0.3 is 10.2 Å². The van der Waals surface area contributed by atoms with Crippen LogP contribution in [0.2, 0.25) is 0 Å². The SMILES string of the molecule is O=C(NCCCCc1ccccc1)c1cccc(C2N(Cc3ccccc3)C(=O)CS2(=O)=O)c1. The van der Waals surface area contributed by atoms with Crippen LogP contribution in [0.4, 0.5) is 0 Å². The average molecular weight is 477 g/mol. The van der Waals surface area contributed by atoms with Crippen molar-refractivity contribution in [2.75, 3.05) is 12.3 Å². The Morgan fingerprint density at radius 3 is 2.26 bits per heavy atom. The minimum absolute atomic E-state index is 0.196. The number of sulfone groups is 1. The van der Waals surface area contributed by atoms with E-state index in [1.54, 1.807) is 24.3 Å². The molecule has 1 aliphatic rings. The fraction of sp³-hybridized carbons (Fsp3) is 0.259. The number of benzene rings is 3. The van der Waals surface area contributed by atoms with E-state index in [1.807, 2.05) is 48.5 Å². The van der Waals surface area contributed by atoms with Gasteiger partial charge in [0.25, 0.3) is 5.91 Å². The van der Waals surface area contributed by atoms with E-state index in [4.69, 9.17) is 0 Å². The Balaban J connectivity index is 1.41. The van der Waals surface area contributed by atoms with Crippen LogP contribution in [-0.2, 0) is 27.6 Å². The van der Waals surface area contributed by atoms with Crippen molar-refractivity contribution in [2.24, 2.45) is 0 Å². The van der Waals surface area contributed by atoms with Crippen molar-refractivity contribution in [3.8, 4) is 0 Å². The summed E-state index contributed by atoms with van der Waals surface area (Å²) in [4.78, 5) is 26.7. The molecule has 1 heterocycles. The normalized spacial score (nSPS) is 17.0. The van der Waals surface area contributed by atoms with E-state index < -0.39 is 26.9 Å². The molecule has 176 valence electrons. The summed E-state index contributed by atoms with van der Waals surface area (Å²) in [5.41, 5.74) is 2.93. The molecule has 3 aromatic carbocycles. The number of unbranched alkanes of at least 4 members (excludes halogenated alkanes) is 1. The maximum Gasteiger partial charge on any atom is 0.251 e. The van der Waals surface area contributed by atoms with Crippen molar-refractivity contribution in [3.05, 3.63) is 107 Å². The van der Waals surface area contributed by atoms with Crippen LogP contribution in [0.25, 0.3) is 0 Å². The smallest absolute Gasteiger partial charge is 0.251 e. The second-order valence-electron chi connectivity index (χ2n) is 8.49. The maximum atomic E-state index is 12.9. The van der Waals surface area contributed by atoms with Gasteiger partial charge in [-0.05, 0) is 48.1 Å². The monoisotopic (exact) mass is 476 g/mol. The largest absolute Gasteiger partial charge is 0.352 e. The molecule has 1 N–H and O–H groups in total. The Kier molecular flexibility index (Phi) is 7.43. The minimum atomic E-state index is -3.71. The van der Waals surface area contributed by atoms with Crippen LogP contribution in [0.1, 0.15) is 45.3 Å². The Morgan fingerprint density at radius 1 is 0.882 bits per heavy atom. The maximum absolute atomic E-state index is 12.9. The van der Waals surface area contributed by atoms with Gasteiger partial charge in [-0.1, -0.05) is 72.8 Å². The minimum Gasteiger partial charge on any atom is -0.352 e. The molecule has 7 heteroatoms. The van der Waals surface area contributed by atoms with Crippen LogP contribution in [0.15, 0.2) is 84.9 Å². The highest BCUT2D eigenvalue weighted by Gasteiger charge is 2.44. The number of amides is 2. The van der Waals surface area contributed by atoms with Gasteiger partial charge >= 0.3 is 0 Å². The number of hydrogen-bond donors (Lipinski definition) is 1. The van der Waals surface area contributed by atoms with Crippen molar-refractivity contribution in [2.45, 2.75) is 31.2 Å². The molecule has 2 amide bonds. The zero-order valence-corrected chi connectivity index (χ0v) is 19.7. The van der Waals surface area contributed by atoms with E-state index in [0.717, 1.165) is 24.8 Å². The summed E-state index contributed by atoms with van der Waals surface area (Å²) in [6.07, 6.45) is 2.76. The van der Waals surface area contributed by atoms with Crippen LogP contribution in [0, 0.1) is 0 Å². The quantitative estimate of drug-likeness (QED) is 0.475. The van der Waals surface area contributed by atoms with E-state index >= 15 is 0 Å². The Morgan fingerprint density at radius 2 is 1.56 bits per heavy atom. The van der Waals surface area contributed by atoms with Gasteiger partial charge in [0, 0.05) is 18.7 Å². The first kappa shape index (κ1) is 23.7. The lowest BCUT2D eigenvalue weighted by Crippen LogP contribution is -2.29. The molecule has 0 radical (unpaired) electrons. The molecular weight excluding hydrogens is 448 g/mol. The van der Waals surface area contributed by atoms with Gasteiger partial charge in [0.2, 0.25) is 5.91 Å². The number of hydrogen-bond acceptors (Lipinski definition) is 4. The highest BCUT2D eigenvalue weighted by atomic mass is 32.2. The molecule has 4 rings (SSSR count). The summed E-state index contributed by atoms with van der Waals surface area (Å²) in [5, 5.41) is 1.82. The number of rotatable bonds is 9. The van der Waals surface area contributed by atoms with Gasteiger partial charge in [0.15, 0.2) is 15.2 Å². The molecule has 0 aliphatic carbocycles. The molecule has 34 heavy (non-hydrogen) atoms. The van der Waals surface area contributed by atoms with E-state index in [1.165, 1.54) is 10.5 Å². The third kappa shape index (κ3) is 5.72. The molecule has 1 atom stereocenters. The molecule has 3 aromatic rings. The predicted octanol–water partition coefficient (Wildman–Crippen LogP) is 3.90. The third-order valence-electron chi connectivity index (χ3n) is 5.92. The van der Waals surface area contributed by atoms with Gasteiger partial charge in [-0.2, -0.15) is 0 Å². The molecule has 0 bridgehead atoms. The predicted molar refractivity (Wildman–Crippen MR) is 132 cm³/mol. The highest BCUT2D eigenvalue weighted by molar-refractivity contribution is 7.92. The molecule has 0 saturated carbocycles. The van der Waals surface area contributed by atoms with Crippen LogP contribution in [0.3, 0.4) is 0 Å². The van der Waals surface area contributed by atoms with Gasteiger partial charge in [0.1, 0.15) is 5.75 Å². The second-order valence-corrected chi connectivity index (χ2v) is 10.6. The lowest BCUT2D eigenvalue weighted by atomic mass is 10.1. The number of carbonyl (C=O) groups excluding carboxylic acids is 2. The lowest BCUT2D eigenvalue weighted by molar-refractivity contribution is -0.128. The summed E-state index contributed by atoms with van der Waals surface area (Å²) < 4.78 is 25.7.